The average Bonchev–Trinajstić information content (AvgIpc) is 2.85. The van der Waals surface area contributed by atoms with Gasteiger partial charge in [-0.05, 0) is 48.6 Å². The second kappa shape index (κ2) is 7.15. The molecule has 0 radical (unpaired) electrons. The van der Waals surface area contributed by atoms with Crippen LogP contribution < -0.4 is 5.43 Å². The van der Waals surface area contributed by atoms with Crippen LogP contribution in [-0.4, -0.2) is 23.6 Å². The number of amides is 1. The maximum atomic E-state index is 14.3. The zero-order valence-corrected chi connectivity index (χ0v) is 15.9. The summed E-state index contributed by atoms with van der Waals surface area (Å²) in [5.41, 5.74) is 2.56. The number of carbonyl (C=O) groups excluding carboxylic acids is 1. The molecule has 1 fully saturated rings. The second-order valence-corrected chi connectivity index (χ2v) is 7.86. The molecule has 3 rings (SSSR count). The molecule has 0 aromatic heterocycles. The monoisotopic (exact) mass is 378 g/mol. The van der Waals surface area contributed by atoms with Crippen LogP contribution in [0.15, 0.2) is 36.4 Å². The Morgan fingerprint density at radius 3 is 2.48 bits per heavy atom. The van der Waals surface area contributed by atoms with Gasteiger partial charge in [-0.25, -0.2) is 5.01 Å². The highest BCUT2D eigenvalue weighted by Gasteiger charge is 2.52. The number of unbranched alkanes of at least 4 members (excludes halogenated alkanes) is 1. The number of carbonyl (C=O) groups is 1. The van der Waals surface area contributed by atoms with E-state index < -0.39 is 17.6 Å². The van der Waals surface area contributed by atoms with Gasteiger partial charge in [-0.3, -0.25) is 10.2 Å². The van der Waals surface area contributed by atoms with E-state index in [0.29, 0.717) is 17.4 Å². The number of hydrogen-bond donors (Lipinski definition) is 1. The van der Waals surface area contributed by atoms with Crippen molar-refractivity contribution in [3.63, 3.8) is 0 Å². The lowest BCUT2D eigenvalue weighted by molar-refractivity contribution is -0.191. The number of rotatable bonds is 5. The molecule has 3 nitrogen and oxygen atoms in total. The predicted molar refractivity (Wildman–Crippen MR) is 100.0 cm³/mol. The number of hydrazine groups is 1. The van der Waals surface area contributed by atoms with Gasteiger partial charge in [-0.1, -0.05) is 49.7 Å². The third-order valence-corrected chi connectivity index (χ3v) is 5.18. The van der Waals surface area contributed by atoms with E-state index in [0.717, 1.165) is 23.2 Å². The highest BCUT2D eigenvalue weighted by Crippen LogP contribution is 2.44. The van der Waals surface area contributed by atoms with Gasteiger partial charge in [0, 0.05) is 6.54 Å². The zero-order chi connectivity index (χ0) is 19.8. The van der Waals surface area contributed by atoms with Crippen molar-refractivity contribution in [2.24, 2.45) is 5.41 Å². The molecule has 6 heteroatoms. The van der Waals surface area contributed by atoms with Crippen LogP contribution in [0, 0.1) is 5.41 Å². The van der Waals surface area contributed by atoms with Crippen LogP contribution >= 0.6 is 0 Å². The Morgan fingerprint density at radius 1 is 1.19 bits per heavy atom. The summed E-state index contributed by atoms with van der Waals surface area (Å²) in [5, 5.41) is 2.43. The molecule has 0 aliphatic carbocycles. The topological polar surface area (TPSA) is 32.3 Å². The van der Waals surface area contributed by atoms with Gasteiger partial charge < -0.3 is 0 Å². The number of nitrogens with zero attached hydrogens (tertiary/aromatic N) is 1. The van der Waals surface area contributed by atoms with Gasteiger partial charge in [0.2, 0.25) is 5.91 Å². The number of nitrogens with one attached hydrogen (secondary N) is 1. The van der Waals surface area contributed by atoms with Gasteiger partial charge in [0.25, 0.3) is 0 Å². The SMILES string of the molecule is CCCCc1ccc2ccccc2c1[C@H](N1CC(C)(C)C(=O)N1)C(F)(F)F. The number of fused-ring (bicyclic) bond motifs is 1. The summed E-state index contributed by atoms with van der Waals surface area (Å²) in [7, 11) is 0. The predicted octanol–water partition coefficient (Wildman–Crippen LogP) is 5.16. The molecule has 27 heavy (non-hydrogen) atoms. The first-order valence-electron chi connectivity index (χ1n) is 9.30. The number of benzene rings is 2. The van der Waals surface area contributed by atoms with E-state index in [4.69, 9.17) is 0 Å². The Morgan fingerprint density at radius 2 is 1.89 bits per heavy atom. The molecule has 1 N–H and O–H groups in total. The Balaban J connectivity index is 2.19. The zero-order valence-electron chi connectivity index (χ0n) is 15.9. The third kappa shape index (κ3) is 3.81. The van der Waals surface area contributed by atoms with Gasteiger partial charge in [0.15, 0.2) is 6.04 Å². The quantitative estimate of drug-likeness (QED) is 0.780. The van der Waals surface area contributed by atoms with Crippen molar-refractivity contribution in [1.29, 1.82) is 0 Å². The summed E-state index contributed by atoms with van der Waals surface area (Å²) in [6.07, 6.45) is -2.22. The fourth-order valence-electron chi connectivity index (χ4n) is 3.72. The number of hydrogen-bond acceptors (Lipinski definition) is 2. The van der Waals surface area contributed by atoms with Gasteiger partial charge in [0.1, 0.15) is 0 Å². The summed E-state index contributed by atoms with van der Waals surface area (Å²) in [4.78, 5) is 12.2. The second-order valence-electron chi connectivity index (χ2n) is 7.86. The van der Waals surface area contributed by atoms with Crippen LogP contribution in [0.25, 0.3) is 10.8 Å². The minimum atomic E-state index is -4.52. The molecule has 0 bridgehead atoms. The van der Waals surface area contributed by atoms with E-state index in [1.54, 1.807) is 32.0 Å². The maximum Gasteiger partial charge on any atom is 0.409 e. The molecule has 2 aromatic rings. The summed E-state index contributed by atoms with van der Waals surface area (Å²) in [6, 6.07) is 8.95. The normalized spacial score (nSPS) is 18.7. The smallest absolute Gasteiger partial charge is 0.287 e. The van der Waals surface area contributed by atoms with E-state index in [-0.39, 0.29) is 18.0 Å². The molecule has 0 unspecified atom stereocenters. The lowest BCUT2D eigenvalue weighted by atomic mass is 9.89. The van der Waals surface area contributed by atoms with Crippen LogP contribution in [0.4, 0.5) is 13.2 Å². The first-order chi connectivity index (χ1) is 12.6. The highest BCUT2D eigenvalue weighted by molar-refractivity contribution is 5.88. The van der Waals surface area contributed by atoms with E-state index in [1.165, 1.54) is 0 Å². The Hall–Kier alpha value is -2.08. The first kappa shape index (κ1) is 19.7. The number of alkyl halides is 3. The maximum absolute atomic E-state index is 14.3. The fraction of sp³-hybridized carbons (Fsp3) is 0.476. The number of halogens is 3. The van der Waals surface area contributed by atoms with Crippen molar-refractivity contribution in [2.45, 2.75) is 52.3 Å². The molecule has 146 valence electrons. The average molecular weight is 378 g/mol. The first-order valence-corrected chi connectivity index (χ1v) is 9.30. The highest BCUT2D eigenvalue weighted by atomic mass is 19.4. The van der Waals surface area contributed by atoms with Crippen molar-refractivity contribution in [3.05, 3.63) is 47.5 Å². The van der Waals surface area contributed by atoms with Gasteiger partial charge in [0.05, 0.1) is 5.41 Å². The fourth-order valence-corrected chi connectivity index (χ4v) is 3.72. The molecule has 1 amide bonds. The summed E-state index contributed by atoms with van der Waals surface area (Å²) < 4.78 is 42.8. The number of aryl methyl sites for hydroxylation is 1. The van der Waals surface area contributed by atoms with Crippen molar-refractivity contribution >= 4 is 16.7 Å². The van der Waals surface area contributed by atoms with E-state index >= 15 is 0 Å². The van der Waals surface area contributed by atoms with Crippen molar-refractivity contribution in [3.8, 4) is 0 Å². The minimum Gasteiger partial charge on any atom is -0.287 e. The third-order valence-electron chi connectivity index (χ3n) is 5.18. The van der Waals surface area contributed by atoms with Crippen molar-refractivity contribution in [1.82, 2.24) is 10.4 Å². The standard InChI is InChI=1S/C21H25F3N2O/c1-4-5-8-15-12-11-14-9-6-7-10-16(14)17(15)18(21(22,23)24)26-13-20(2,3)19(27)25-26/h6-7,9-12,18H,4-5,8,13H2,1-3H3,(H,25,27)/t18-/m0/s1. The molecule has 1 aliphatic rings. The lowest BCUT2D eigenvalue weighted by Gasteiger charge is -2.32. The van der Waals surface area contributed by atoms with Crippen LogP contribution in [-0.2, 0) is 11.2 Å². The molecular weight excluding hydrogens is 353 g/mol. The van der Waals surface area contributed by atoms with Crippen LogP contribution in [0.5, 0.6) is 0 Å². The minimum absolute atomic E-state index is 0.00640. The van der Waals surface area contributed by atoms with Crippen LogP contribution in [0.1, 0.15) is 50.8 Å². The molecule has 1 heterocycles. The van der Waals surface area contributed by atoms with E-state index in [2.05, 4.69) is 5.43 Å². The van der Waals surface area contributed by atoms with E-state index in [1.807, 2.05) is 25.1 Å². The lowest BCUT2D eigenvalue weighted by Crippen LogP contribution is -2.44. The van der Waals surface area contributed by atoms with Gasteiger partial charge >= 0.3 is 6.18 Å². The van der Waals surface area contributed by atoms with Gasteiger partial charge in [-0.15, -0.1) is 0 Å². The van der Waals surface area contributed by atoms with Gasteiger partial charge in [-0.2, -0.15) is 13.2 Å². The largest absolute Gasteiger partial charge is 0.409 e. The molecule has 0 saturated carbocycles. The Kier molecular flexibility index (Phi) is 5.21. The molecule has 1 atom stereocenters. The summed E-state index contributed by atoms with van der Waals surface area (Å²) in [5.74, 6) is -0.382. The Labute approximate surface area is 157 Å². The van der Waals surface area contributed by atoms with Crippen LogP contribution in [0.2, 0.25) is 0 Å². The molecular formula is C21H25F3N2O. The van der Waals surface area contributed by atoms with Crippen molar-refractivity contribution < 1.29 is 18.0 Å². The Bertz CT molecular complexity index is 845. The molecule has 1 aliphatic heterocycles. The summed E-state index contributed by atoms with van der Waals surface area (Å²) >= 11 is 0. The molecule has 1 saturated heterocycles. The summed E-state index contributed by atoms with van der Waals surface area (Å²) in [6.45, 7) is 5.35. The van der Waals surface area contributed by atoms with Crippen LogP contribution in [0.3, 0.4) is 0 Å². The molecule has 0 spiro atoms. The van der Waals surface area contributed by atoms with Crippen molar-refractivity contribution in [2.75, 3.05) is 6.54 Å². The molecule has 2 aromatic carbocycles. The van der Waals surface area contributed by atoms with E-state index in [9.17, 15) is 18.0 Å².